The molecule has 1 N–H and O–H groups in total. The molecule has 1 atom stereocenters. The fourth-order valence-electron chi connectivity index (χ4n) is 1.93. The summed E-state index contributed by atoms with van der Waals surface area (Å²) in [6.45, 7) is 1.96. The van der Waals surface area contributed by atoms with Crippen molar-refractivity contribution in [3.8, 4) is 6.07 Å². The molecule has 0 bridgehead atoms. The van der Waals surface area contributed by atoms with Crippen molar-refractivity contribution < 1.29 is 9.53 Å². The molecular weight excluding hydrogens is 266 g/mol. The summed E-state index contributed by atoms with van der Waals surface area (Å²) in [6, 6.07) is 12.6. The molecule has 0 amide bonds. The van der Waals surface area contributed by atoms with Gasteiger partial charge in [0.2, 0.25) is 0 Å². The molecule has 0 saturated carbocycles. The Bertz CT molecular complexity index is 675. The molecule has 5 nitrogen and oxygen atoms in total. The summed E-state index contributed by atoms with van der Waals surface area (Å²) in [7, 11) is 1.34. The maximum absolute atomic E-state index is 11.7. The third-order valence-electron chi connectivity index (χ3n) is 3.11. The highest BCUT2D eigenvalue weighted by molar-refractivity contribution is 5.94. The van der Waals surface area contributed by atoms with Gasteiger partial charge in [-0.05, 0) is 36.8 Å². The van der Waals surface area contributed by atoms with Crippen molar-refractivity contribution >= 4 is 11.8 Å². The molecule has 1 aromatic heterocycles. The summed E-state index contributed by atoms with van der Waals surface area (Å²) in [4.78, 5) is 15.9. The highest BCUT2D eigenvalue weighted by Crippen LogP contribution is 2.21. The van der Waals surface area contributed by atoms with E-state index in [1.54, 1.807) is 30.5 Å². The fourth-order valence-corrected chi connectivity index (χ4v) is 1.93. The second-order valence-corrected chi connectivity index (χ2v) is 4.49. The number of hydrogen-bond donors (Lipinski definition) is 1. The van der Waals surface area contributed by atoms with Gasteiger partial charge in [0.1, 0.15) is 11.4 Å². The average molecular weight is 281 g/mol. The summed E-state index contributed by atoms with van der Waals surface area (Å²) >= 11 is 0. The molecule has 2 aromatic rings. The number of benzene rings is 1. The first-order valence-corrected chi connectivity index (χ1v) is 6.45. The summed E-state index contributed by atoms with van der Waals surface area (Å²) in [5.41, 5.74) is 2.00. The van der Waals surface area contributed by atoms with Gasteiger partial charge < -0.3 is 10.1 Å². The first-order valence-electron chi connectivity index (χ1n) is 6.45. The Balaban J connectivity index is 2.21. The van der Waals surface area contributed by atoms with Gasteiger partial charge >= 0.3 is 5.97 Å². The van der Waals surface area contributed by atoms with Crippen molar-refractivity contribution in [3.05, 3.63) is 59.3 Å². The zero-order chi connectivity index (χ0) is 15.2. The number of carbonyl (C=O) groups excluding carboxylic acids is 1. The molecule has 0 saturated heterocycles. The van der Waals surface area contributed by atoms with Gasteiger partial charge in [0, 0.05) is 12.2 Å². The number of anilines is 1. The summed E-state index contributed by atoms with van der Waals surface area (Å²) in [6.07, 6.45) is 1.61. The van der Waals surface area contributed by atoms with Gasteiger partial charge in [-0.15, -0.1) is 0 Å². The minimum atomic E-state index is -0.433. The molecular formula is C16H15N3O2. The lowest BCUT2D eigenvalue weighted by Crippen LogP contribution is -2.13. The predicted molar refractivity (Wildman–Crippen MR) is 78.8 cm³/mol. The van der Waals surface area contributed by atoms with Gasteiger partial charge in [0.25, 0.3) is 0 Å². The van der Waals surface area contributed by atoms with E-state index >= 15 is 0 Å². The number of esters is 1. The van der Waals surface area contributed by atoms with Crippen LogP contribution in [0.15, 0.2) is 42.6 Å². The van der Waals surface area contributed by atoms with Gasteiger partial charge in [0.05, 0.1) is 18.7 Å². The molecule has 1 aromatic carbocycles. The molecule has 106 valence electrons. The largest absolute Gasteiger partial charge is 0.465 e. The minimum absolute atomic E-state index is 0.0592. The Morgan fingerprint density at radius 2 is 2.05 bits per heavy atom. The smallest absolute Gasteiger partial charge is 0.341 e. The Morgan fingerprint density at radius 3 is 2.67 bits per heavy atom. The van der Waals surface area contributed by atoms with Crippen LogP contribution in [-0.2, 0) is 4.74 Å². The van der Waals surface area contributed by atoms with Gasteiger partial charge in [0.15, 0.2) is 0 Å². The Labute approximate surface area is 123 Å². The fraction of sp³-hybridized carbons (Fsp3) is 0.188. The van der Waals surface area contributed by atoms with Gasteiger partial charge in [-0.1, -0.05) is 12.1 Å². The average Bonchev–Trinajstić information content (AvgIpc) is 2.54. The molecule has 1 unspecified atom stereocenters. The number of carbonyl (C=O) groups is 1. The van der Waals surface area contributed by atoms with Crippen LogP contribution < -0.4 is 5.32 Å². The number of nitrogens with zero attached hydrogens (tertiary/aromatic N) is 2. The third kappa shape index (κ3) is 3.37. The van der Waals surface area contributed by atoms with E-state index in [0.717, 1.165) is 5.56 Å². The number of methoxy groups -OCH3 is 1. The number of aromatic nitrogens is 1. The molecule has 2 rings (SSSR count). The summed E-state index contributed by atoms with van der Waals surface area (Å²) in [5, 5.41) is 12.0. The van der Waals surface area contributed by atoms with Crippen LogP contribution in [-0.4, -0.2) is 18.1 Å². The predicted octanol–water partition coefficient (Wildman–Crippen LogP) is 2.91. The number of nitriles is 1. The number of nitrogens with one attached hydrogen (secondary N) is 1. The Hall–Kier alpha value is -2.87. The molecule has 0 aliphatic heterocycles. The van der Waals surface area contributed by atoms with Gasteiger partial charge in [-0.3, -0.25) is 0 Å². The van der Waals surface area contributed by atoms with Crippen LogP contribution in [0.2, 0.25) is 0 Å². The molecule has 21 heavy (non-hydrogen) atoms. The molecule has 0 radical (unpaired) electrons. The van der Waals surface area contributed by atoms with E-state index in [1.165, 1.54) is 7.11 Å². The molecule has 0 aliphatic rings. The van der Waals surface area contributed by atoms with Crippen molar-refractivity contribution in [2.45, 2.75) is 13.0 Å². The lowest BCUT2D eigenvalue weighted by molar-refractivity contribution is 0.0601. The van der Waals surface area contributed by atoms with E-state index < -0.39 is 5.97 Å². The number of ether oxygens (including phenoxy) is 1. The van der Waals surface area contributed by atoms with Crippen LogP contribution in [0, 0.1) is 11.3 Å². The Kier molecular flexibility index (Phi) is 4.52. The highest BCUT2D eigenvalue weighted by atomic mass is 16.5. The van der Waals surface area contributed by atoms with Crippen molar-refractivity contribution in [2.24, 2.45) is 0 Å². The van der Waals surface area contributed by atoms with E-state index in [9.17, 15) is 4.79 Å². The molecule has 0 spiro atoms. The summed E-state index contributed by atoms with van der Waals surface area (Å²) in [5.74, 6) is 0.0406. The first kappa shape index (κ1) is 14.5. The van der Waals surface area contributed by atoms with Gasteiger partial charge in [-0.25, -0.2) is 9.78 Å². The van der Waals surface area contributed by atoms with Crippen LogP contribution in [0.25, 0.3) is 0 Å². The zero-order valence-corrected chi connectivity index (χ0v) is 11.8. The molecule has 1 heterocycles. The second-order valence-electron chi connectivity index (χ2n) is 4.49. The number of rotatable bonds is 4. The van der Waals surface area contributed by atoms with E-state index in [0.29, 0.717) is 16.9 Å². The summed E-state index contributed by atoms with van der Waals surface area (Å²) < 4.78 is 4.74. The van der Waals surface area contributed by atoms with E-state index in [4.69, 9.17) is 10.00 Å². The number of pyridine rings is 1. The monoisotopic (exact) mass is 281 g/mol. The highest BCUT2D eigenvalue weighted by Gasteiger charge is 2.14. The normalized spacial score (nSPS) is 11.3. The molecule has 0 aliphatic carbocycles. The quantitative estimate of drug-likeness (QED) is 0.872. The maximum atomic E-state index is 11.7. The number of hydrogen-bond acceptors (Lipinski definition) is 5. The first-order chi connectivity index (χ1) is 10.2. The third-order valence-corrected chi connectivity index (χ3v) is 3.11. The standard InChI is InChI=1S/C16H15N3O2/c1-11(13-7-5-12(10-17)6-8-13)19-15-14(16(20)21-2)4-3-9-18-15/h3-9,11H,1-2H3,(H,18,19). The van der Waals surface area contributed by atoms with Crippen LogP contribution in [0.3, 0.4) is 0 Å². The van der Waals surface area contributed by atoms with E-state index in [1.807, 2.05) is 19.1 Å². The van der Waals surface area contributed by atoms with Crippen LogP contribution in [0.5, 0.6) is 0 Å². The Morgan fingerprint density at radius 1 is 1.33 bits per heavy atom. The molecule has 5 heteroatoms. The second kappa shape index (κ2) is 6.53. The topological polar surface area (TPSA) is 75.0 Å². The van der Waals surface area contributed by atoms with Crippen LogP contribution in [0.1, 0.15) is 34.5 Å². The van der Waals surface area contributed by atoms with Gasteiger partial charge in [-0.2, -0.15) is 5.26 Å². The lowest BCUT2D eigenvalue weighted by Gasteiger charge is -2.16. The van der Waals surface area contributed by atoms with Crippen molar-refractivity contribution in [1.82, 2.24) is 4.98 Å². The molecule has 0 fully saturated rings. The minimum Gasteiger partial charge on any atom is -0.465 e. The van der Waals surface area contributed by atoms with Crippen molar-refractivity contribution in [3.63, 3.8) is 0 Å². The van der Waals surface area contributed by atoms with E-state index in [2.05, 4.69) is 16.4 Å². The van der Waals surface area contributed by atoms with Crippen molar-refractivity contribution in [1.29, 1.82) is 5.26 Å². The van der Waals surface area contributed by atoms with Crippen LogP contribution >= 0.6 is 0 Å². The van der Waals surface area contributed by atoms with E-state index in [-0.39, 0.29) is 6.04 Å². The SMILES string of the molecule is COC(=O)c1cccnc1NC(C)c1ccc(C#N)cc1. The maximum Gasteiger partial charge on any atom is 0.341 e. The zero-order valence-electron chi connectivity index (χ0n) is 11.8. The van der Waals surface area contributed by atoms with Crippen molar-refractivity contribution in [2.75, 3.05) is 12.4 Å². The lowest BCUT2D eigenvalue weighted by atomic mass is 10.1. The van der Waals surface area contributed by atoms with Crippen LogP contribution in [0.4, 0.5) is 5.82 Å².